The smallest absolute Gasteiger partial charge is 0.407 e. The van der Waals surface area contributed by atoms with E-state index < -0.39 is 35.5 Å². The van der Waals surface area contributed by atoms with E-state index in [-0.39, 0.29) is 23.7 Å². The van der Waals surface area contributed by atoms with Gasteiger partial charge in [0.05, 0.1) is 7.11 Å². The molecule has 1 rings (SSSR count). The van der Waals surface area contributed by atoms with Crippen molar-refractivity contribution in [1.29, 1.82) is 0 Å². The molecule has 4 atom stereocenters. The number of alkyl carbamates (subject to hydrolysis) is 1. The number of carbonyl (C=O) groups is 4. The van der Waals surface area contributed by atoms with Gasteiger partial charge in [-0.25, -0.2) is 9.59 Å². The van der Waals surface area contributed by atoms with E-state index in [9.17, 15) is 19.2 Å². The van der Waals surface area contributed by atoms with Gasteiger partial charge in [0.2, 0.25) is 11.8 Å². The van der Waals surface area contributed by atoms with Crippen molar-refractivity contribution in [2.75, 3.05) is 19.4 Å². The molecule has 0 aliphatic carbocycles. The highest BCUT2D eigenvalue weighted by Crippen LogP contribution is 2.23. The molecule has 0 spiro atoms. The maximum atomic E-state index is 13.0. The van der Waals surface area contributed by atoms with Crippen molar-refractivity contribution in [3.63, 3.8) is 0 Å². The second-order valence-corrected chi connectivity index (χ2v) is 13.3. The Bertz CT molecular complexity index is 1230. The molecule has 0 radical (unpaired) electrons. The number of methoxy groups -OCH3 is 1. The lowest BCUT2D eigenvalue weighted by molar-refractivity contribution is -0.149. The number of allylic oxidation sites excluding steroid dienone is 6. The highest BCUT2D eigenvalue weighted by molar-refractivity contribution is 7.80. The first kappa shape index (κ1) is 41.6. The predicted molar refractivity (Wildman–Crippen MR) is 190 cm³/mol. The van der Waals surface area contributed by atoms with E-state index in [4.69, 9.17) is 25.8 Å². The van der Waals surface area contributed by atoms with Crippen LogP contribution in [0.3, 0.4) is 0 Å². The van der Waals surface area contributed by atoms with Crippen LogP contribution in [0, 0.1) is 11.3 Å². The normalized spacial score (nSPS) is 18.3. The van der Waals surface area contributed by atoms with E-state index in [0.29, 0.717) is 43.0 Å². The van der Waals surface area contributed by atoms with Gasteiger partial charge in [-0.1, -0.05) is 81.3 Å². The van der Waals surface area contributed by atoms with Crippen molar-refractivity contribution in [3.8, 4) is 0 Å². The zero-order valence-electron chi connectivity index (χ0n) is 28.6. The number of nitrogens with one attached hydrogen (secondary N) is 3. The largest absolute Gasteiger partial charge is 0.490 e. The molecule has 47 heavy (non-hydrogen) atoms. The fourth-order valence-corrected chi connectivity index (χ4v) is 4.69. The number of thiol groups is 1. The lowest BCUT2D eigenvalue weighted by Crippen LogP contribution is -2.52. The van der Waals surface area contributed by atoms with E-state index in [0.717, 1.165) is 12.0 Å². The summed E-state index contributed by atoms with van der Waals surface area (Å²) < 4.78 is 16.1. The minimum atomic E-state index is -0.822. The van der Waals surface area contributed by atoms with Gasteiger partial charge in [-0.05, 0) is 56.6 Å². The van der Waals surface area contributed by atoms with Crippen LogP contribution in [0.15, 0.2) is 71.2 Å². The van der Waals surface area contributed by atoms with Crippen molar-refractivity contribution in [3.05, 3.63) is 71.2 Å². The maximum absolute atomic E-state index is 13.0. The molecule has 10 nitrogen and oxygen atoms in total. The highest BCUT2D eigenvalue weighted by Gasteiger charge is 2.32. The molecule has 0 aromatic rings. The van der Waals surface area contributed by atoms with Crippen LogP contribution in [0.4, 0.5) is 4.79 Å². The molecular formula is C35H52ClN3O7S. The predicted octanol–water partition coefficient (Wildman–Crippen LogP) is 6.42. The highest BCUT2D eigenvalue weighted by atomic mass is 35.5. The fourth-order valence-electron chi connectivity index (χ4n) is 4.44. The maximum Gasteiger partial charge on any atom is 0.407 e. The summed E-state index contributed by atoms with van der Waals surface area (Å²) in [6.07, 6.45) is 16.8. The monoisotopic (exact) mass is 693 g/mol. The molecule has 1 aliphatic rings. The van der Waals surface area contributed by atoms with Crippen LogP contribution in [0.25, 0.3) is 0 Å². The van der Waals surface area contributed by atoms with E-state index >= 15 is 0 Å². The van der Waals surface area contributed by atoms with Crippen LogP contribution >= 0.6 is 24.2 Å². The third kappa shape index (κ3) is 17.9. The van der Waals surface area contributed by atoms with E-state index in [1.807, 2.05) is 46.8 Å². The van der Waals surface area contributed by atoms with Gasteiger partial charge in [-0.15, -0.1) is 0 Å². The Balaban J connectivity index is 2.73. The van der Waals surface area contributed by atoms with Crippen LogP contribution in [0.1, 0.15) is 73.6 Å². The number of esters is 1. The Morgan fingerprint density at radius 1 is 1.17 bits per heavy atom. The second kappa shape index (κ2) is 22.2. The first-order valence-electron chi connectivity index (χ1n) is 15.8. The molecule has 3 amide bonds. The number of cyclic esters (lactones) is 1. The SMILES string of the molecule is COC1=CCC[C@@H]([C@@H](C)/C=C(C)/C=C\C=C/C(=O)N[C@H](C(=O)N/C=C\C[C@H](C/C=C(\C)Cl)OC(=O)NCCCS)C(C)(C)C)OC1=O. The number of halogens is 1. The molecule has 1 aliphatic heterocycles. The quantitative estimate of drug-likeness (QED) is 0.0455. The molecular weight excluding hydrogens is 642 g/mol. The summed E-state index contributed by atoms with van der Waals surface area (Å²) in [7, 11) is 1.45. The Morgan fingerprint density at radius 2 is 1.87 bits per heavy atom. The molecule has 3 N–H and O–H groups in total. The summed E-state index contributed by atoms with van der Waals surface area (Å²) >= 11 is 10.1. The summed E-state index contributed by atoms with van der Waals surface area (Å²) in [4.78, 5) is 50.0. The molecule has 262 valence electrons. The Labute approximate surface area is 290 Å². The Kier molecular flexibility index (Phi) is 19.6. The second-order valence-electron chi connectivity index (χ2n) is 12.3. The number of ether oxygens (including phenoxy) is 3. The van der Waals surface area contributed by atoms with Crippen molar-refractivity contribution < 1.29 is 33.4 Å². The first-order chi connectivity index (χ1) is 22.2. The summed E-state index contributed by atoms with van der Waals surface area (Å²) in [5, 5.41) is 8.77. The molecule has 1 heterocycles. The zero-order chi connectivity index (χ0) is 35.4. The van der Waals surface area contributed by atoms with E-state index in [1.54, 1.807) is 37.3 Å². The van der Waals surface area contributed by atoms with Crippen molar-refractivity contribution >= 4 is 48.1 Å². The van der Waals surface area contributed by atoms with Gasteiger partial charge in [0.15, 0.2) is 5.76 Å². The molecule has 0 saturated carbocycles. The van der Waals surface area contributed by atoms with Crippen molar-refractivity contribution in [1.82, 2.24) is 16.0 Å². The topological polar surface area (TPSA) is 132 Å². The van der Waals surface area contributed by atoms with Crippen LogP contribution < -0.4 is 16.0 Å². The van der Waals surface area contributed by atoms with Crippen LogP contribution in [0.5, 0.6) is 0 Å². The minimum Gasteiger partial charge on any atom is -0.490 e. The van der Waals surface area contributed by atoms with Gasteiger partial charge >= 0.3 is 12.1 Å². The number of amides is 3. The van der Waals surface area contributed by atoms with Crippen molar-refractivity contribution in [2.24, 2.45) is 11.3 Å². The van der Waals surface area contributed by atoms with Gasteiger partial charge in [0.1, 0.15) is 18.2 Å². The van der Waals surface area contributed by atoms with E-state index in [1.165, 1.54) is 19.4 Å². The van der Waals surface area contributed by atoms with Gasteiger partial charge < -0.3 is 30.2 Å². The van der Waals surface area contributed by atoms with Gasteiger partial charge in [-0.2, -0.15) is 12.6 Å². The number of hydrogen-bond donors (Lipinski definition) is 4. The molecule has 0 aromatic carbocycles. The lowest BCUT2D eigenvalue weighted by atomic mass is 9.86. The minimum absolute atomic E-state index is 0.0155. The van der Waals surface area contributed by atoms with Gasteiger partial charge in [0.25, 0.3) is 0 Å². The summed E-state index contributed by atoms with van der Waals surface area (Å²) in [6, 6.07) is -0.822. The molecule has 0 bridgehead atoms. The molecule has 0 fully saturated rings. The average molecular weight is 694 g/mol. The number of hydrogen-bond acceptors (Lipinski definition) is 8. The van der Waals surface area contributed by atoms with Crippen LogP contribution in [-0.2, 0) is 28.6 Å². The number of carbonyl (C=O) groups excluding carboxylic acids is 4. The summed E-state index contributed by atoms with van der Waals surface area (Å²) in [5.74, 6) is -0.395. The molecule has 0 unspecified atom stereocenters. The fraction of sp³-hybridized carbons (Fsp3) is 0.543. The summed E-state index contributed by atoms with van der Waals surface area (Å²) in [6.45, 7) is 11.7. The van der Waals surface area contributed by atoms with Crippen LogP contribution in [0.2, 0.25) is 0 Å². The zero-order valence-corrected chi connectivity index (χ0v) is 30.3. The molecule has 0 saturated heterocycles. The average Bonchev–Trinajstić information content (AvgIpc) is 3.19. The number of rotatable bonds is 17. The third-order valence-corrected chi connectivity index (χ3v) is 7.46. The molecule has 0 aromatic heterocycles. The van der Waals surface area contributed by atoms with Gasteiger partial charge in [-0.3, -0.25) is 9.59 Å². The van der Waals surface area contributed by atoms with Gasteiger partial charge in [0, 0.05) is 36.4 Å². The first-order valence-corrected chi connectivity index (χ1v) is 16.8. The van der Waals surface area contributed by atoms with Crippen molar-refractivity contribution in [2.45, 2.75) is 91.9 Å². The van der Waals surface area contributed by atoms with E-state index in [2.05, 4.69) is 28.6 Å². The standard InChI is InChI=1S/C35H52ClN3O7S/c1-24(23-25(2)28-15-10-16-29(44-7)33(42)46-28)13-8-9-17-30(40)39-31(35(4,5)6)32(41)37-20-11-14-27(19-18-26(3)36)45-34(43)38-21-12-22-47/h8-9,11,13,16-18,20,23,25,27-28,31,47H,10,12,14-15,19,21-22H2,1-7H3,(H,37,41)(H,38,43)(H,39,40)/b13-8-,17-9-,20-11-,24-23+,26-18+/t25-,27+,28-,31+/m0/s1. The van der Waals surface area contributed by atoms with Crippen LogP contribution in [-0.4, -0.2) is 61.5 Å². The lowest BCUT2D eigenvalue weighted by Gasteiger charge is -2.29. The molecule has 12 heteroatoms. The Morgan fingerprint density at radius 3 is 2.51 bits per heavy atom. The summed E-state index contributed by atoms with van der Waals surface area (Å²) in [5.41, 5.74) is 0.365. The third-order valence-electron chi connectivity index (χ3n) is 6.99. The Hall–Kier alpha value is -3.44.